The second-order valence-corrected chi connectivity index (χ2v) is 5.15. The van der Waals surface area contributed by atoms with Crippen LogP contribution < -0.4 is 10.1 Å². The van der Waals surface area contributed by atoms with E-state index in [1.807, 2.05) is 26.0 Å². The first kappa shape index (κ1) is 15.8. The van der Waals surface area contributed by atoms with Gasteiger partial charge in [0, 0.05) is 11.6 Å². The molecule has 0 saturated heterocycles. The van der Waals surface area contributed by atoms with Crippen LogP contribution in [-0.2, 0) is 4.79 Å². The van der Waals surface area contributed by atoms with Crippen LogP contribution >= 0.6 is 11.6 Å². The van der Waals surface area contributed by atoms with Gasteiger partial charge in [-0.2, -0.15) is 0 Å². The Labute approximate surface area is 120 Å². The molecule has 1 rings (SSSR count). The van der Waals surface area contributed by atoms with Crippen molar-refractivity contribution in [3.8, 4) is 5.75 Å². The van der Waals surface area contributed by atoms with Crippen molar-refractivity contribution in [2.24, 2.45) is 0 Å². The van der Waals surface area contributed by atoms with E-state index < -0.39 is 6.10 Å². The largest absolute Gasteiger partial charge is 0.481 e. The molecule has 0 aliphatic rings. The minimum absolute atomic E-state index is 0.0845. The lowest BCUT2D eigenvalue weighted by molar-refractivity contribution is -0.127. The predicted molar refractivity (Wildman–Crippen MR) is 78.9 cm³/mol. The second-order valence-electron chi connectivity index (χ2n) is 4.78. The van der Waals surface area contributed by atoms with Crippen LogP contribution in [0.25, 0.3) is 0 Å². The Kier molecular flexibility index (Phi) is 6.16. The number of rotatable bonds is 6. The normalized spacial score (nSPS) is 12.1. The maximum atomic E-state index is 11.8. The van der Waals surface area contributed by atoms with Gasteiger partial charge in [-0.3, -0.25) is 4.79 Å². The van der Waals surface area contributed by atoms with E-state index in [1.165, 1.54) is 0 Å². The molecule has 0 fully saturated rings. The van der Waals surface area contributed by atoms with Crippen LogP contribution in [0.1, 0.15) is 37.8 Å². The Balaban J connectivity index is 2.61. The van der Waals surface area contributed by atoms with Gasteiger partial charge in [0.2, 0.25) is 0 Å². The van der Waals surface area contributed by atoms with Crippen molar-refractivity contribution in [1.82, 2.24) is 5.32 Å². The monoisotopic (exact) mass is 283 g/mol. The zero-order valence-corrected chi connectivity index (χ0v) is 12.8. The highest BCUT2D eigenvalue weighted by molar-refractivity contribution is 6.32. The highest BCUT2D eigenvalue weighted by Gasteiger charge is 2.14. The van der Waals surface area contributed by atoms with Crippen LogP contribution in [0.2, 0.25) is 5.02 Å². The van der Waals surface area contributed by atoms with Crippen LogP contribution in [0.5, 0.6) is 5.75 Å². The van der Waals surface area contributed by atoms with Crippen molar-refractivity contribution >= 4 is 17.5 Å². The molecule has 106 valence electrons. The first-order valence-electron chi connectivity index (χ1n) is 6.66. The summed E-state index contributed by atoms with van der Waals surface area (Å²) in [6.07, 6.45) is 1.54. The Morgan fingerprint density at radius 2 is 1.95 bits per heavy atom. The van der Waals surface area contributed by atoms with Gasteiger partial charge in [0.05, 0.1) is 0 Å². The molecule has 1 unspecified atom stereocenters. The number of aryl methyl sites for hydroxylation is 2. The lowest BCUT2D eigenvalue weighted by Gasteiger charge is -2.16. The minimum atomic E-state index is -0.503. The van der Waals surface area contributed by atoms with Crippen molar-refractivity contribution in [3.63, 3.8) is 0 Å². The summed E-state index contributed by atoms with van der Waals surface area (Å²) in [6, 6.07) is 3.70. The lowest BCUT2D eigenvalue weighted by Crippen LogP contribution is -2.36. The topological polar surface area (TPSA) is 38.3 Å². The van der Waals surface area contributed by atoms with Crippen LogP contribution in [0, 0.1) is 13.8 Å². The van der Waals surface area contributed by atoms with E-state index in [0.717, 1.165) is 29.0 Å². The highest BCUT2D eigenvalue weighted by atomic mass is 35.5. The molecule has 0 radical (unpaired) electrons. The van der Waals surface area contributed by atoms with E-state index in [1.54, 1.807) is 6.92 Å². The number of nitrogens with one attached hydrogen (secondary N) is 1. The first-order chi connectivity index (χ1) is 8.95. The zero-order chi connectivity index (χ0) is 14.4. The van der Waals surface area contributed by atoms with E-state index >= 15 is 0 Å². The maximum Gasteiger partial charge on any atom is 0.260 e. The molecular formula is C15H22ClNO2. The Bertz CT molecular complexity index is 423. The van der Waals surface area contributed by atoms with Gasteiger partial charge in [-0.1, -0.05) is 24.9 Å². The number of halogens is 1. The summed E-state index contributed by atoms with van der Waals surface area (Å²) in [5.41, 5.74) is 1.91. The molecule has 19 heavy (non-hydrogen) atoms. The summed E-state index contributed by atoms with van der Waals surface area (Å²) in [4.78, 5) is 11.8. The van der Waals surface area contributed by atoms with Gasteiger partial charge >= 0.3 is 0 Å². The Morgan fingerprint density at radius 1 is 1.37 bits per heavy atom. The Hall–Kier alpha value is -1.22. The van der Waals surface area contributed by atoms with Crippen molar-refractivity contribution in [3.05, 3.63) is 28.3 Å². The van der Waals surface area contributed by atoms with Crippen LogP contribution in [0.4, 0.5) is 0 Å². The molecule has 0 heterocycles. The van der Waals surface area contributed by atoms with E-state index in [2.05, 4.69) is 12.2 Å². The quantitative estimate of drug-likeness (QED) is 0.810. The standard InChI is InChI=1S/C15H22ClNO2/c1-5-6-7-17-15(18)12(4)19-13-8-10(2)14(16)11(3)9-13/h8-9,12H,5-7H2,1-4H3,(H,17,18). The number of amides is 1. The molecule has 1 atom stereocenters. The van der Waals surface area contributed by atoms with E-state index in [4.69, 9.17) is 16.3 Å². The third-order valence-electron chi connectivity index (χ3n) is 2.92. The third-order valence-corrected chi connectivity index (χ3v) is 3.52. The fraction of sp³-hybridized carbons (Fsp3) is 0.533. The highest BCUT2D eigenvalue weighted by Crippen LogP contribution is 2.26. The number of unbranched alkanes of at least 4 members (excludes halogenated alkanes) is 1. The summed E-state index contributed by atoms with van der Waals surface area (Å²) in [5, 5.41) is 3.60. The molecule has 1 amide bonds. The molecule has 0 bridgehead atoms. The van der Waals surface area contributed by atoms with Crippen LogP contribution in [0.3, 0.4) is 0 Å². The number of hydrogen-bond donors (Lipinski definition) is 1. The molecule has 1 aromatic rings. The minimum Gasteiger partial charge on any atom is -0.481 e. The van der Waals surface area contributed by atoms with Gasteiger partial charge in [-0.25, -0.2) is 0 Å². The number of benzene rings is 1. The van der Waals surface area contributed by atoms with E-state index in [-0.39, 0.29) is 5.91 Å². The second kappa shape index (κ2) is 7.39. The fourth-order valence-corrected chi connectivity index (χ4v) is 1.87. The van der Waals surface area contributed by atoms with Gasteiger partial charge in [-0.05, 0) is 50.5 Å². The molecule has 1 N–H and O–H groups in total. The average molecular weight is 284 g/mol. The smallest absolute Gasteiger partial charge is 0.260 e. The molecular weight excluding hydrogens is 262 g/mol. The first-order valence-corrected chi connectivity index (χ1v) is 7.04. The van der Waals surface area contributed by atoms with Crippen LogP contribution in [-0.4, -0.2) is 18.6 Å². The van der Waals surface area contributed by atoms with Crippen molar-refractivity contribution in [2.75, 3.05) is 6.54 Å². The molecule has 1 aromatic carbocycles. The fourth-order valence-electron chi connectivity index (χ4n) is 1.76. The van der Waals surface area contributed by atoms with Crippen molar-refractivity contribution < 1.29 is 9.53 Å². The maximum absolute atomic E-state index is 11.8. The molecule has 3 nitrogen and oxygen atoms in total. The number of hydrogen-bond acceptors (Lipinski definition) is 2. The number of carbonyl (C=O) groups is 1. The summed E-state index contributed by atoms with van der Waals surface area (Å²) < 4.78 is 5.65. The molecule has 0 aliphatic carbocycles. The number of carbonyl (C=O) groups excluding carboxylic acids is 1. The third kappa shape index (κ3) is 4.75. The Morgan fingerprint density at radius 3 is 2.47 bits per heavy atom. The van der Waals surface area contributed by atoms with Gasteiger partial charge in [0.1, 0.15) is 5.75 Å². The SMILES string of the molecule is CCCCNC(=O)C(C)Oc1cc(C)c(Cl)c(C)c1. The summed E-state index contributed by atoms with van der Waals surface area (Å²) >= 11 is 6.10. The number of ether oxygens (including phenoxy) is 1. The predicted octanol–water partition coefficient (Wildman–Crippen LogP) is 3.64. The van der Waals surface area contributed by atoms with Crippen LogP contribution in [0.15, 0.2) is 12.1 Å². The molecule has 0 saturated carbocycles. The van der Waals surface area contributed by atoms with Crippen molar-refractivity contribution in [1.29, 1.82) is 0 Å². The van der Waals surface area contributed by atoms with E-state index in [0.29, 0.717) is 12.3 Å². The average Bonchev–Trinajstić information content (AvgIpc) is 2.36. The van der Waals surface area contributed by atoms with Gasteiger partial charge in [0.25, 0.3) is 5.91 Å². The van der Waals surface area contributed by atoms with Gasteiger partial charge in [-0.15, -0.1) is 0 Å². The molecule has 0 aromatic heterocycles. The van der Waals surface area contributed by atoms with Gasteiger partial charge < -0.3 is 10.1 Å². The molecule has 0 aliphatic heterocycles. The summed E-state index contributed by atoms with van der Waals surface area (Å²) in [6.45, 7) is 8.38. The summed E-state index contributed by atoms with van der Waals surface area (Å²) in [5.74, 6) is 0.594. The van der Waals surface area contributed by atoms with Gasteiger partial charge in [0.15, 0.2) is 6.10 Å². The zero-order valence-electron chi connectivity index (χ0n) is 12.0. The molecule has 0 spiro atoms. The van der Waals surface area contributed by atoms with Crippen molar-refractivity contribution in [2.45, 2.75) is 46.6 Å². The summed E-state index contributed by atoms with van der Waals surface area (Å²) in [7, 11) is 0. The van der Waals surface area contributed by atoms with E-state index in [9.17, 15) is 4.79 Å². The molecule has 4 heteroatoms. The lowest BCUT2D eigenvalue weighted by atomic mass is 10.1.